The molecule has 7 heteroatoms. The van der Waals surface area contributed by atoms with E-state index in [1.165, 1.54) is 4.90 Å². The van der Waals surface area contributed by atoms with E-state index < -0.39 is 24.0 Å². The summed E-state index contributed by atoms with van der Waals surface area (Å²) in [5, 5.41) is 22.4. The lowest BCUT2D eigenvalue weighted by atomic mass is 9.94. The fraction of sp³-hybridized carbons (Fsp3) is 0.417. The average molecular weight is 462 g/mol. The van der Waals surface area contributed by atoms with Crippen molar-refractivity contribution in [2.45, 2.75) is 49.6 Å². The standard InChI is InChI=1S/C24H32NO4PS/c1-17(2)13-21(24(28)29)25-23(27)22(26)14-19(18-9-5-3-6-10-18)15-30-16-31-20-11-7-4-8-12-20/h3-12,17,19,21-22,26,30H,13-16H2,1-2H3,(H,25,27)(H,28,29)/t19?,21-,22?/m0/s1. The average Bonchev–Trinajstić information content (AvgIpc) is 2.76. The van der Waals surface area contributed by atoms with Crippen molar-refractivity contribution < 1.29 is 19.8 Å². The number of carbonyl (C=O) groups is 2. The summed E-state index contributed by atoms with van der Waals surface area (Å²) in [6, 6.07) is 19.1. The first kappa shape index (κ1) is 25.4. The Morgan fingerprint density at radius 1 is 1.00 bits per heavy atom. The van der Waals surface area contributed by atoms with Crippen LogP contribution in [0.15, 0.2) is 65.6 Å². The lowest BCUT2D eigenvalue weighted by molar-refractivity contribution is -0.144. The normalized spacial score (nSPS) is 14.5. The van der Waals surface area contributed by atoms with Crippen LogP contribution in [-0.4, -0.2) is 45.9 Å². The third kappa shape index (κ3) is 9.42. The largest absolute Gasteiger partial charge is 0.480 e. The van der Waals surface area contributed by atoms with Crippen molar-refractivity contribution in [1.29, 1.82) is 0 Å². The van der Waals surface area contributed by atoms with Crippen LogP contribution in [-0.2, 0) is 9.59 Å². The van der Waals surface area contributed by atoms with Gasteiger partial charge in [-0.3, -0.25) is 4.79 Å². The SMILES string of the molecule is CC(C)C[C@H](NC(=O)C(O)CC(CPCSc1ccccc1)c1ccccc1)C(=O)O. The molecule has 0 radical (unpaired) electrons. The van der Waals surface area contributed by atoms with Gasteiger partial charge in [-0.25, -0.2) is 4.79 Å². The second-order valence-electron chi connectivity index (χ2n) is 7.94. The number of carboxylic acids is 1. The van der Waals surface area contributed by atoms with Gasteiger partial charge in [0, 0.05) is 10.4 Å². The summed E-state index contributed by atoms with van der Waals surface area (Å²) in [5.41, 5.74) is 2.06. The summed E-state index contributed by atoms with van der Waals surface area (Å²) in [7, 11) is 0.671. The highest BCUT2D eigenvalue weighted by molar-refractivity contribution is 8.03. The summed E-state index contributed by atoms with van der Waals surface area (Å²) in [5.74, 6) is -1.53. The van der Waals surface area contributed by atoms with Crippen molar-refractivity contribution in [2.24, 2.45) is 5.92 Å². The maximum Gasteiger partial charge on any atom is 0.326 e. The van der Waals surface area contributed by atoms with Crippen LogP contribution >= 0.6 is 20.3 Å². The topological polar surface area (TPSA) is 86.6 Å². The first-order valence-electron chi connectivity index (χ1n) is 10.5. The minimum atomic E-state index is -1.24. The minimum absolute atomic E-state index is 0.0324. The highest BCUT2D eigenvalue weighted by Crippen LogP contribution is 2.33. The Bertz CT molecular complexity index is 804. The van der Waals surface area contributed by atoms with Gasteiger partial charge in [0.15, 0.2) is 0 Å². The van der Waals surface area contributed by atoms with Crippen LogP contribution in [0.3, 0.4) is 0 Å². The maximum absolute atomic E-state index is 12.5. The van der Waals surface area contributed by atoms with Gasteiger partial charge in [0.1, 0.15) is 12.1 Å². The summed E-state index contributed by atoms with van der Waals surface area (Å²) in [6.45, 7) is 3.80. The Balaban J connectivity index is 1.95. The summed E-state index contributed by atoms with van der Waals surface area (Å²) < 4.78 is 0. The zero-order valence-electron chi connectivity index (χ0n) is 18.0. The smallest absolute Gasteiger partial charge is 0.326 e. The van der Waals surface area contributed by atoms with E-state index in [0.29, 0.717) is 15.0 Å². The van der Waals surface area contributed by atoms with Crippen LogP contribution in [0.1, 0.15) is 38.2 Å². The Morgan fingerprint density at radius 3 is 2.19 bits per heavy atom. The lowest BCUT2D eigenvalue weighted by Crippen LogP contribution is -2.46. The van der Waals surface area contributed by atoms with E-state index in [4.69, 9.17) is 0 Å². The molecule has 0 aromatic heterocycles. The van der Waals surface area contributed by atoms with E-state index in [1.807, 2.05) is 62.4 Å². The Kier molecular flexibility index (Phi) is 11.1. The molecule has 4 atom stereocenters. The number of rotatable bonds is 13. The number of amides is 1. The van der Waals surface area contributed by atoms with Crippen LogP contribution in [0.4, 0.5) is 0 Å². The second-order valence-corrected chi connectivity index (χ2v) is 10.8. The molecule has 1 amide bonds. The molecule has 3 N–H and O–H groups in total. The number of aliphatic hydroxyl groups is 1. The molecule has 31 heavy (non-hydrogen) atoms. The molecular weight excluding hydrogens is 429 g/mol. The molecule has 0 spiro atoms. The van der Waals surface area contributed by atoms with Gasteiger partial charge in [-0.05, 0) is 48.5 Å². The fourth-order valence-electron chi connectivity index (χ4n) is 3.28. The van der Waals surface area contributed by atoms with Gasteiger partial charge >= 0.3 is 5.97 Å². The van der Waals surface area contributed by atoms with E-state index in [9.17, 15) is 19.8 Å². The van der Waals surface area contributed by atoms with Crippen molar-refractivity contribution in [3.8, 4) is 0 Å². The van der Waals surface area contributed by atoms with Gasteiger partial charge in [0.25, 0.3) is 0 Å². The number of carboxylic acid groups (broad SMARTS) is 1. The number of aliphatic carboxylic acids is 1. The Morgan fingerprint density at radius 2 is 1.61 bits per heavy atom. The van der Waals surface area contributed by atoms with Gasteiger partial charge in [0.05, 0.1) is 0 Å². The number of thioether (sulfide) groups is 1. The molecule has 5 nitrogen and oxygen atoms in total. The molecule has 2 aromatic rings. The number of hydrogen-bond acceptors (Lipinski definition) is 4. The van der Waals surface area contributed by atoms with E-state index in [-0.39, 0.29) is 18.3 Å². The van der Waals surface area contributed by atoms with Crippen molar-refractivity contribution in [3.63, 3.8) is 0 Å². The number of benzene rings is 2. The molecule has 0 heterocycles. The molecule has 0 aliphatic rings. The second kappa shape index (κ2) is 13.5. The van der Waals surface area contributed by atoms with Crippen LogP contribution in [0.2, 0.25) is 0 Å². The van der Waals surface area contributed by atoms with Crippen LogP contribution in [0.25, 0.3) is 0 Å². The third-order valence-corrected chi connectivity index (χ3v) is 7.66. The molecule has 0 saturated heterocycles. The molecule has 2 aromatic carbocycles. The minimum Gasteiger partial charge on any atom is -0.480 e. The first-order chi connectivity index (χ1) is 14.9. The van der Waals surface area contributed by atoms with Gasteiger partial charge < -0.3 is 15.5 Å². The van der Waals surface area contributed by atoms with Gasteiger partial charge in [0.2, 0.25) is 5.91 Å². The first-order valence-corrected chi connectivity index (χ1v) is 12.9. The molecule has 168 valence electrons. The van der Waals surface area contributed by atoms with Crippen molar-refractivity contribution in [1.82, 2.24) is 5.32 Å². The quantitative estimate of drug-likeness (QED) is 0.231. The predicted octanol–water partition coefficient (Wildman–Crippen LogP) is 4.57. The maximum atomic E-state index is 12.5. The van der Waals surface area contributed by atoms with Crippen molar-refractivity contribution in [3.05, 3.63) is 66.2 Å². The molecule has 0 aliphatic carbocycles. The predicted molar refractivity (Wildman–Crippen MR) is 129 cm³/mol. The zero-order chi connectivity index (χ0) is 22.6. The van der Waals surface area contributed by atoms with E-state index >= 15 is 0 Å². The number of carbonyl (C=O) groups excluding carboxylic acids is 1. The summed E-state index contributed by atoms with van der Waals surface area (Å²) >= 11 is 1.81. The molecule has 0 fully saturated rings. The number of hydrogen-bond donors (Lipinski definition) is 3. The fourth-order valence-corrected chi connectivity index (χ4v) is 5.93. The van der Waals surface area contributed by atoms with Gasteiger partial charge in [-0.15, -0.1) is 20.3 Å². The third-order valence-electron chi connectivity index (χ3n) is 4.88. The summed E-state index contributed by atoms with van der Waals surface area (Å²) in [4.78, 5) is 25.2. The van der Waals surface area contributed by atoms with Crippen LogP contribution in [0, 0.1) is 5.92 Å². The van der Waals surface area contributed by atoms with E-state index in [0.717, 1.165) is 17.2 Å². The number of aliphatic hydroxyl groups excluding tert-OH is 1. The van der Waals surface area contributed by atoms with Crippen molar-refractivity contribution in [2.75, 3.05) is 11.7 Å². The molecule has 3 unspecified atom stereocenters. The van der Waals surface area contributed by atoms with Crippen LogP contribution < -0.4 is 5.32 Å². The summed E-state index contributed by atoms with van der Waals surface area (Å²) in [6.07, 6.45) is 0.217. The molecule has 0 bridgehead atoms. The highest BCUT2D eigenvalue weighted by Gasteiger charge is 2.27. The van der Waals surface area contributed by atoms with Crippen LogP contribution in [0.5, 0.6) is 0 Å². The van der Waals surface area contributed by atoms with Gasteiger partial charge in [-0.1, -0.05) is 62.4 Å². The number of nitrogens with one attached hydrogen (secondary N) is 1. The Hall–Kier alpha value is -1.88. The molecule has 2 rings (SSSR count). The molecule has 0 saturated carbocycles. The lowest BCUT2D eigenvalue weighted by Gasteiger charge is -2.23. The zero-order valence-corrected chi connectivity index (χ0v) is 19.8. The van der Waals surface area contributed by atoms with Gasteiger partial charge in [-0.2, -0.15) is 0 Å². The van der Waals surface area contributed by atoms with E-state index in [2.05, 4.69) is 17.4 Å². The molecular formula is C24H32NO4PS. The monoisotopic (exact) mass is 461 g/mol. The highest BCUT2D eigenvalue weighted by atomic mass is 32.2. The molecule has 0 aliphatic heterocycles. The Labute approximate surface area is 190 Å². The van der Waals surface area contributed by atoms with Crippen molar-refractivity contribution >= 4 is 32.2 Å². The van der Waals surface area contributed by atoms with E-state index in [1.54, 1.807) is 11.8 Å².